The van der Waals surface area contributed by atoms with E-state index in [0.29, 0.717) is 35.3 Å². The third-order valence-corrected chi connectivity index (χ3v) is 4.53. The van der Waals surface area contributed by atoms with Crippen molar-refractivity contribution in [3.8, 4) is 11.5 Å². The summed E-state index contributed by atoms with van der Waals surface area (Å²) in [6.45, 7) is 4.97. The Balaban J connectivity index is 1.81. The number of hydrogen-bond donors (Lipinski definition) is 2. The van der Waals surface area contributed by atoms with Crippen LogP contribution >= 0.6 is 23.2 Å². The zero-order chi connectivity index (χ0) is 21.9. The maximum atomic E-state index is 12.1. The van der Waals surface area contributed by atoms with Crippen molar-refractivity contribution in [2.75, 3.05) is 19.8 Å². The first-order chi connectivity index (χ1) is 14.4. The van der Waals surface area contributed by atoms with Crippen molar-refractivity contribution in [2.45, 2.75) is 20.3 Å². The maximum Gasteiger partial charge on any atom is 0.251 e. The first-order valence-corrected chi connectivity index (χ1v) is 10.1. The highest BCUT2D eigenvalue weighted by atomic mass is 35.5. The Hall–Kier alpha value is -2.77. The molecule has 0 aliphatic carbocycles. The summed E-state index contributed by atoms with van der Waals surface area (Å²) in [6, 6.07) is 9.94. The molecule has 9 heteroatoms. The lowest BCUT2D eigenvalue weighted by Gasteiger charge is -2.11. The van der Waals surface area contributed by atoms with Gasteiger partial charge in [-0.15, -0.1) is 0 Å². The van der Waals surface area contributed by atoms with Crippen LogP contribution in [0.5, 0.6) is 11.5 Å². The van der Waals surface area contributed by atoms with Gasteiger partial charge in [0.15, 0.2) is 11.5 Å². The molecule has 2 N–H and O–H groups in total. The van der Waals surface area contributed by atoms with Gasteiger partial charge in [0.1, 0.15) is 0 Å². The normalized spacial score (nSPS) is 10.7. The largest absolute Gasteiger partial charge is 0.490 e. The molecule has 0 heterocycles. The van der Waals surface area contributed by atoms with Gasteiger partial charge in [-0.2, -0.15) is 5.10 Å². The number of nitrogens with zero attached hydrogens (tertiary/aromatic N) is 1. The Bertz CT molecular complexity index is 919. The molecule has 0 radical (unpaired) electrons. The molecule has 160 valence electrons. The van der Waals surface area contributed by atoms with E-state index in [2.05, 4.69) is 15.8 Å². The number of hydrazone groups is 1. The van der Waals surface area contributed by atoms with Gasteiger partial charge in [-0.1, -0.05) is 23.2 Å². The zero-order valence-corrected chi connectivity index (χ0v) is 18.2. The van der Waals surface area contributed by atoms with Crippen molar-refractivity contribution < 1.29 is 19.1 Å². The van der Waals surface area contributed by atoms with E-state index in [9.17, 15) is 9.59 Å². The lowest BCUT2D eigenvalue weighted by Crippen LogP contribution is -2.29. The summed E-state index contributed by atoms with van der Waals surface area (Å²) >= 11 is 11.7. The fourth-order valence-corrected chi connectivity index (χ4v) is 2.71. The highest BCUT2D eigenvalue weighted by molar-refractivity contribution is 6.42. The van der Waals surface area contributed by atoms with Crippen LogP contribution in [-0.4, -0.2) is 37.8 Å². The molecule has 2 rings (SSSR count). The quantitative estimate of drug-likeness (QED) is 0.420. The molecule has 0 unspecified atom stereocenters. The van der Waals surface area contributed by atoms with Gasteiger partial charge < -0.3 is 14.8 Å². The molecular formula is C21H23Cl2N3O4. The standard InChI is InChI=1S/C21H23Cl2N3O4/c1-3-29-18-8-5-14(11-19(18)30-4-2)13-25-26-20(27)9-10-24-21(28)15-6-7-16(22)17(23)12-15/h5-8,11-13H,3-4,9-10H2,1-2H3,(H,24,28)(H,26,27). The van der Waals surface area contributed by atoms with Gasteiger partial charge in [0.05, 0.1) is 29.5 Å². The Labute approximate surface area is 185 Å². The van der Waals surface area contributed by atoms with Crippen molar-refractivity contribution in [1.82, 2.24) is 10.7 Å². The average molecular weight is 452 g/mol. The molecule has 0 bridgehead atoms. The Kier molecular flexibility index (Phi) is 9.44. The number of carbonyl (C=O) groups excluding carboxylic acids is 2. The van der Waals surface area contributed by atoms with E-state index < -0.39 is 0 Å². The van der Waals surface area contributed by atoms with Crippen molar-refractivity contribution in [1.29, 1.82) is 0 Å². The average Bonchev–Trinajstić information content (AvgIpc) is 2.72. The van der Waals surface area contributed by atoms with Crippen molar-refractivity contribution in [3.63, 3.8) is 0 Å². The number of amides is 2. The highest BCUT2D eigenvalue weighted by Gasteiger charge is 2.09. The summed E-state index contributed by atoms with van der Waals surface area (Å²) < 4.78 is 11.1. The van der Waals surface area contributed by atoms with Crippen LogP contribution in [-0.2, 0) is 4.79 Å². The van der Waals surface area contributed by atoms with Gasteiger partial charge in [-0.05, 0) is 55.8 Å². The van der Waals surface area contributed by atoms with Crippen LogP contribution < -0.4 is 20.2 Å². The molecule has 30 heavy (non-hydrogen) atoms. The zero-order valence-electron chi connectivity index (χ0n) is 16.7. The summed E-state index contributed by atoms with van der Waals surface area (Å²) in [5, 5.41) is 7.23. The predicted molar refractivity (Wildman–Crippen MR) is 118 cm³/mol. The van der Waals surface area contributed by atoms with Crippen LogP contribution in [0.15, 0.2) is 41.5 Å². The van der Waals surface area contributed by atoms with Gasteiger partial charge >= 0.3 is 0 Å². The van der Waals surface area contributed by atoms with Gasteiger partial charge in [0.25, 0.3) is 5.91 Å². The van der Waals surface area contributed by atoms with E-state index in [1.807, 2.05) is 13.8 Å². The predicted octanol–water partition coefficient (Wildman–Crippen LogP) is 4.06. The first kappa shape index (κ1) is 23.5. The molecule has 0 fully saturated rings. The minimum atomic E-state index is -0.345. The Morgan fingerprint density at radius 2 is 1.73 bits per heavy atom. The summed E-state index contributed by atoms with van der Waals surface area (Å²) in [4.78, 5) is 24.0. The van der Waals surface area contributed by atoms with Crippen molar-refractivity contribution in [3.05, 3.63) is 57.6 Å². The number of benzene rings is 2. The number of hydrogen-bond acceptors (Lipinski definition) is 5. The monoisotopic (exact) mass is 451 g/mol. The summed E-state index contributed by atoms with van der Waals surface area (Å²) in [7, 11) is 0. The molecule has 0 atom stereocenters. The van der Waals surface area contributed by atoms with Gasteiger partial charge in [-0.25, -0.2) is 5.43 Å². The SMILES string of the molecule is CCOc1ccc(C=NNC(=O)CCNC(=O)c2ccc(Cl)c(Cl)c2)cc1OCC. The molecule has 0 aromatic heterocycles. The fourth-order valence-electron chi connectivity index (χ4n) is 2.41. The van der Waals surface area contributed by atoms with E-state index in [1.54, 1.807) is 24.3 Å². The third-order valence-electron chi connectivity index (χ3n) is 3.79. The number of carbonyl (C=O) groups is 2. The topological polar surface area (TPSA) is 89.0 Å². The summed E-state index contributed by atoms with van der Waals surface area (Å²) in [5.41, 5.74) is 3.53. The van der Waals surface area contributed by atoms with E-state index in [-0.39, 0.29) is 29.8 Å². The molecule has 0 saturated heterocycles. The lowest BCUT2D eigenvalue weighted by molar-refractivity contribution is -0.120. The second-order valence-electron chi connectivity index (χ2n) is 6.00. The maximum absolute atomic E-state index is 12.1. The van der Waals surface area contributed by atoms with E-state index in [4.69, 9.17) is 32.7 Å². The third kappa shape index (κ3) is 7.24. The number of nitrogens with one attached hydrogen (secondary N) is 2. The minimum absolute atomic E-state index is 0.0673. The Morgan fingerprint density at radius 3 is 2.43 bits per heavy atom. The second kappa shape index (κ2) is 12.0. The molecule has 2 aromatic carbocycles. The molecule has 2 amide bonds. The summed E-state index contributed by atoms with van der Waals surface area (Å²) in [6.07, 6.45) is 1.57. The van der Waals surface area contributed by atoms with Crippen molar-refractivity contribution in [2.24, 2.45) is 5.10 Å². The van der Waals surface area contributed by atoms with Crippen LogP contribution in [0.3, 0.4) is 0 Å². The van der Waals surface area contributed by atoms with E-state index >= 15 is 0 Å². The van der Waals surface area contributed by atoms with Crippen LogP contribution in [0.2, 0.25) is 10.0 Å². The molecule has 0 aliphatic rings. The Morgan fingerprint density at radius 1 is 1.00 bits per heavy atom. The van der Waals surface area contributed by atoms with Gasteiger partial charge in [-0.3, -0.25) is 9.59 Å². The number of ether oxygens (including phenoxy) is 2. The fraction of sp³-hybridized carbons (Fsp3) is 0.286. The smallest absolute Gasteiger partial charge is 0.251 e. The first-order valence-electron chi connectivity index (χ1n) is 9.39. The molecule has 7 nitrogen and oxygen atoms in total. The van der Waals surface area contributed by atoms with Gasteiger partial charge in [0.2, 0.25) is 5.91 Å². The minimum Gasteiger partial charge on any atom is -0.490 e. The van der Waals surface area contributed by atoms with Crippen LogP contribution in [0, 0.1) is 0 Å². The van der Waals surface area contributed by atoms with Crippen LogP contribution in [0.4, 0.5) is 0 Å². The molecular weight excluding hydrogens is 429 g/mol. The van der Waals surface area contributed by atoms with Gasteiger partial charge in [0, 0.05) is 18.5 Å². The molecule has 0 spiro atoms. The van der Waals surface area contributed by atoms with Crippen LogP contribution in [0.25, 0.3) is 0 Å². The lowest BCUT2D eigenvalue weighted by atomic mass is 10.2. The second-order valence-corrected chi connectivity index (χ2v) is 6.81. The number of rotatable bonds is 10. The van der Waals surface area contributed by atoms with E-state index in [0.717, 1.165) is 5.56 Å². The van der Waals surface area contributed by atoms with E-state index in [1.165, 1.54) is 18.3 Å². The number of halogens is 2. The van der Waals surface area contributed by atoms with Crippen LogP contribution in [0.1, 0.15) is 36.2 Å². The summed E-state index contributed by atoms with van der Waals surface area (Å²) in [5.74, 6) is 0.581. The molecule has 2 aromatic rings. The molecule has 0 aliphatic heterocycles. The van der Waals surface area contributed by atoms with Crippen molar-refractivity contribution >= 4 is 41.2 Å². The highest BCUT2D eigenvalue weighted by Crippen LogP contribution is 2.28. The molecule has 0 saturated carbocycles.